The fraction of sp³-hybridized carbons (Fsp3) is 0.545. The van der Waals surface area contributed by atoms with E-state index in [1.165, 1.54) is 0 Å². The molecule has 0 spiro atoms. The Morgan fingerprint density at radius 3 is 3.00 bits per heavy atom. The molecule has 0 saturated carbocycles. The van der Waals surface area contributed by atoms with E-state index in [1.54, 1.807) is 23.8 Å². The number of carbonyl (C=O) groups excluding carboxylic acids is 1. The van der Waals surface area contributed by atoms with Crippen molar-refractivity contribution in [2.75, 3.05) is 24.6 Å². The molecule has 0 unspecified atom stereocenters. The number of fused-ring (bicyclic) bond motifs is 1. The number of ether oxygens (including phenoxy) is 1. The first kappa shape index (κ1) is 13.2. The maximum atomic E-state index is 11.6. The van der Waals surface area contributed by atoms with Gasteiger partial charge < -0.3 is 9.64 Å². The Morgan fingerprint density at radius 2 is 2.26 bits per heavy atom. The van der Waals surface area contributed by atoms with Gasteiger partial charge in [-0.2, -0.15) is 4.52 Å². The number of tetrazole rings is 1. The SMILES string of the molecule is CCCN(CC(=O)OCC)c1cncc2nnnn12. The second-order valence-electron chi connectivity index (χ2n) is 3.94. The molecule has 0 aliphatic carbocycles. The molecule has 0 N–H and O–H groups in total. The van der Waals surface area contributed by atoms with Gasteiger partial charge in [0.15, 0.2) is 11.5 Å². The summed E-state index contributed by atoms with van der Waals surface area (Å²) < 4.78 is 6.53. The minimum absolute atomic E-state index is 0.155. The molecule has 2 heterocycles. The van der Waals surface area contributed by atoms with E-state index in [-0.39, 0.29) is 12.5 Å². The van der Waals surface area contributed by atoms with Crippen molar-refractivity contribution in [3.05, 3.63) is 12.4 Å². The maximum Gasteiger partial charge on any atom is 0.325 e. The summed E-state index contributed by atoms with van der Waals surface area (Å²) in [5, 5.41) is 11.3. The zero-order valence-corrected chi connectivity index (χ0v) is 11.0. The van der Waals surface area contributed by atoms with Crippen LogP contribution in [0.5, 0.6) is 0 Å². The molecule has 8 nitrogen and oxygen atoms in total. The summed E-state index contributed by atoms with van der Waals surface area (Å²) in [5.41, 5.74) is 0.544. The molecule has 102 valence electrons. The number of nitrogens with zero attached hydrogens (tertiary/aromatic N) is 6. The van der Waals surface area contributed by atoms with Crippen molar-refractivity contribution in [2.24, 2.45) is 0 Å². The van der Waals surface area contributed by atoms with Crippen LogP contribution in [-0.4, -0.2) is 50.7 Å². The van der Waals surface area contributed by atoms with E-state index in [9.17, 15) is 4.79 Å². The van der Waals surface area contributed by atoms with E-state index < -0.39 is 0 Å². The van der Waals surface area contributed by atoms with Crippen molar-refractivity contribution < 1.29 is 9.53 Å². The molecule has 0 amide bonds. The van der Waals surface area contributed by atoms with Crippen molar-refractivity contribution in [1.29, 1.82) is 0 Å². The smallest absolute Gasteiger partial charge is 0.325 e. The summed E-state index contributed by atoms with van der Waals surface area (Å²) in [6.45, 7) is 5.03. The Labute approximate surface area is 110 Å². The van der Waals surface area contributed by atoms with Crippen LogP contribution in [0.2, 0.25) is 0 Å². The van der Waals surface area contributed by atoms with Gasteiger partial charge in [0.25, 0.3) is 0 Å². The van der Waals surface area contributed by atoms with Gasteiger partial charge >= 0.3 is 5.97 Å². The lowest BCUT2D eigenvalue weighted by Gasteiger charge is -2.22. The van der Waals surface area contributed by atoms with Gasteiger partial charge in [-0.3, -0.25) is 9.78 Å². The second kappa shape index (κ2) is 6.07. The predicted molar refractivity (Wildman–Crippen MR) is 67.7 cm³/mol. The van der Waals surface area contributed by atoms with Crippen molar-refractivity contribution in [3.63, 3.8) is 0 Å². The van der Waals surface area contributed by atoms with E-state index in [2.05, 4.69) is 20.5 Å². The van der Waals surface area contributed by atoms with E-state index >= 15 is 0 Å². The Bertz CT molecular complexity index is 555. The van der Waals surface area contributed by atoms with Gasteiger partial charge in [0.2, 0.25) is 0 Å². The Kier molecular flexibility index (Phi) is 4.22. The predicted octanol–water partition coefficient (Wildman–Crippen LogP) is 0.299. The molecule has 2 aromatic heterocycles. The molecule has 0 aliphatic rings. The van der Waals surface area contributed by atoms with Crippen molar-refractivity contribution in [3.8, 4) is 0 Å². The van der Waals surface area contributed by atoms with E-state index in [0.29, 0.717) is 24.6 Å². The zero-order chi connectivity index (χ0) is 13.7. The van der Waals surface area contributed by atoms with E-state index in [4.69, 9.17) is 4.74 Å². The van der Waals surface area contributed by atoms with Crippen LogP contribution in [0.25, 0.3) is 5.65 Å². The average molecular weight is 264 g/mol. The highest BCUT2D eigenvalue weighted by Gasteiger charge is 2.16. The van der Waals surface area contributed by atoms with Crippen molar-refractivity contribution in [2.45, 2.75) is 20.3 Å². The normalized spacial score (nSPS) is 10.6. The van der Waals surface area contributed by atoms with Crippen LogP contribution in [0.15, 0.2) is 12.4 Å². The standard InChI is InChI=1S/C11H16N6O2/c1-3-5-16(8-11(18)19-4-2)10-7-12-6-9-13-14-15-17(9)10/h6-7H,3-5,8H2,1-2H3. The number of carbonyl (C=O) groups is 1. The molecule has 19 heavy (non-hydrogen) atoms. The molecular formula is C11H16N6O2. The highest BCUT2D eigenvalue weighted by molar-refractivity contribution is 5.75. The largest absolute Gasteiger partial charge is 0.465 e. The monoisotopic (exact) mass is 264 g/mol. The lowest BCUT2D eigenvalue weighted by molar-refractivity contribution is -0.141. The number of esters is 1. The molecular weight excluding hydrogens is 248 g/mol. The molecule has 0 atom stereocenters. The number of anilines is 1. The summed E-state index contributed by atoms with van der Waals surface area (Å²) in [7, 11) is 0. The first-order valence-corrected chi connectivity index (χ1v) is 6.19. The van der Waals surface area contributed by atoms with Crippen molar-refractivity contribution >= 4 is 17.4 Å². The lowest BCUT2D eigenvalue weighted by atomic mass is 10.4. The van der Waals surface area contributed by atoms with Gasteiger partial charge in [0.1, 0.15) is 6.54 Å². The Hall–Kier alpha value is -2.25. The lowest BCUT2D eigenvalue weighted by Crippen LogP contribution is -2.33. The highest BCUT2D eigenvalue weighted by Crippen LogP contribution is 2.13. The third-order valence-electron chi connectivity index (χ3n) is 2.53. The van der Waals surface area contributed by atoms with Crippen LogP contribution >= 0.6 is 0 Å². The number of hydrogen-bond acceptors (Lipinski definition) is 7. The Balaban J connectivity index is 2.27. The molecule has 0 aromatic carbocycles. The molecule has 0 aliphatic heterocycles. The Morgan fingerprint density at radius 1 is 1.42 bits per heavy atom. The summed E-state index contributed by atoms with van der Waals surface area (Å²) in [6, 6.07) is 0. The number of hydrogen-bond donors (Lipinski definition) is 0. The molecule has 0 saturated heterocycles. The van der Waals surface area contributed by atoms with Crippen LogP contribution < -0.4 is 4.90 Å². The van der Waals surface area contributed by atoms with Crippen molar-refractivity contribution in [1.82, 2.24) is 25.0 Å². The molecule has 2 aromatic rings. The van der Waals surface area contributed by atoms with Crippen LogP contribution in [-0.2, 0) is 9.53 Å². The van der Waals surface area contributed by atoms with Gasteiger partial charge in [-0.15, -0.1) is 5.10 Å². The van der Waals surface area contributed by atoms with Gasteiger partial charge in [-0.1, -0.05) is 6.92 Å². The maximum absolute atomic E-state index is 11.6. The second-order valence-corrected chi connectivity index (χ2v) is 3.94. The topological polar surface area (TPSA) is 85.5 Å². The van der Waals surface area contributed by atoms with Gasteiger partial charge in [0, 0.05) is 6.54 Å². The summed E-state index contributed by atoms with van der Waals surface area (Å²) in [5.74, 6) is 0.401. The number of rotatable bonds is 6. The first-order chi connectivity index (χ1) is 9.26. The molecule has 8 heteroatoms. The average Bonchev–Trinajstić information content (AvgIpc) is 2.86. The van der Waals surface area contributed by atoms with Crippen LogP contribution in [0.4, 0.5) is 5.82 Å². The highest BCUT2D eigenvalue weighted by atomic mass is 16.5. The fourth-order valence-electron chi connectivity index (χ4n) is 1.79. The molecule has 0 fully saturated rings. The minimum atomic E-state index is -0.277. The quantitative estimate of drug-likeness (QED) is 0.693. The van der Waals surface area contributed by atoms with Gasteiger partial charge in [-0.25, -0.2) is 0 Å². The van der Waals surface area contributed by atoms with Crippen LogP contribution in [0.3, 0.4) is 0 Å². The zero-order valence-electron chi connectivity index (χ0n) is 11.0. The van der Waals surface area contributed by atoms with E-state index in [1.807, 2.05) is 11.8 Å². The summed E-state index contributed by atoms with van der Waals surface area (Å²) >= 11 is 0. The van der Waals surface area contributed by atoms with Crippen LogP contribution in [0.1, 0.15) is 20.3 Å². The van der Waals surface area contributed by atoms with Crippen LogP contribution in [0, 0.1) is 0 Å². The molecule has 2 rings (SSSR count). The summed E-state index contributed by atoms with van der Waals surface area (Å²) in [6.07, 6.45) is 4.09. The first-order valence-electron chi connectivity index (χ1n) is 6.19. The minimum Gasteiger partial charge on any atom is -0.465 e. The molecule has 0 bridgehead atoms. The third kappa shape index (κ3) is 2.95. The van der Waals surface area contributed by atoms with Gasteiger partial charge in [0.05, 0.1) is 19.0 Å². The summed E-state index contributed by atoms with van der Waals surface area (Å²) in [4.78, 5) is 17.6. The van der Waals surface area contributed by atoms with E-state index in [0.717, 1.165) is 6.42 Å². The third-order valence-corrected chi connectivity index (χ3v) is 2.53. The molecule has 0 radical (unpaired) electrons. The number of aromatic nitrogens is 5. The fourth-order valence-corrected chi connectivity index (χ4v) is 1.79. The van der Waals surface area contributed by atoms with Gasteiger partial charge in [-0.05, 0) is 23.8 Å².